The topological polar surface area (TPSA) is 73.2 Å². The summed E-state index contributed by atoms with van der Waals surface area (Å²) < 4.78 is 16.1. The molecule has 132 valence electrons. The van der Waals surface area contributed by atoms with Crippen LogP contribution in [0.4, 0.5) is 0 Å². The fourth-order valence-electron chi connectivity index (χ4n) is 2.94. The molecular formula is C20H19N3O3. The highest BCUT2D eigenvalue weighted by Gasteiger charge is 2.09. The standard InChI is InChI=1S/C20H19N3O3/c1-24-17-7-5-13(10-18(17)25-2)6-8-19-22-15-11-14(12-21-20(15)23-19)16-4-3-9-26-16/h3-5,7,9-12H,6,8H2,1-2H3,(H,21,22,23). The molecule has 0 bridgehead atoms. The summed E-state index contributed by atoms with van der Waals surface area (Å²) in [6, 6.07) is 11.7. The number of hydrogen-bond donors (Lipinski definition) is 1. The molecule has 0 aliphatic rings. The van der Waals surface area contributed by atoms with Crippen molar-refractivity contribution in [2.24, 2.45) is 0 Å². The lowest BCUT2D eigenvalue weighted by molar-refractivity contribution is 0.354. The molecule has 0 aliphatic heterocycles. The second kappa shape index (κ2) is 6.92. The van der Waals surface area contributed by atoms with Crippen LogP contribution in [0.15, 0.2) is 53.3 Å². The number of pyridine rings is 1. The van der Waals surface area contributed by atoms with E-state index in [0.717, 1.165) is 52.6 Å². The summed E-state index contributed by atoms with van der Waals surface area (Å²) in [6.45, 7) is 0. The maximum Gasteiger partial charge on any atom is 0.177 e. The molecule has 4 aromatic rings. The monoisotopic (exact) mass is 349 g/mol. The Morgan fingerprint density at radius 2 is 1.92 bits per heavy atom. The molecule has 1 aromatic carbocycles. The number of nitrogens with one attached hydrogen (secondary N) is 1. The lowest BCUT2D eigenvalue weighted by atomic mass is 10.1. The Balaban J connectivity index is 1.52. The first-order valence-electron chi connectivity index (χ1n) is 8.36. The first-order valence-corrected chi connectivity index (χ1v) is 8.36. The van der Waals surface area contributed by atoms with Crippen LogP contribution in [0.1, 0.15) is 11.4 Å². The number of aryl methyl sites for hydroxylation is 2. The number of hydrogen-bond acceptors (Lipinski definition) is 5. The van der Waals surface area contributed by atoms with Gasteiger partial charge in [-0.05, 0) is 42.3 Å². The van der Waals surface area contributed by atoms with Crippen LogP contribution in [0.5, 0.6) is 11.5 Å². The molecule has 1 N–H and O–H groups in total. The van der Waals surface area contributed by atoms with Gasteiger partial charge in [0, 0.05) is 18.2 Å². The summed E-state index contributed by atoms with van der Waals surface area (Å²) in [4.78, 5) is 12.3. The van der Waals surface area contributed by atoms with Crippen molar-refractivity contribution < 1.29 is 13.9 Å². The summed E-state index contributed by atoms with van der Waals surface area (Å²) in [7, 11) is 3.28. The highest BCUT2D eigenvalue weighted by atomic mass is 16.5. The molecule has 0 spiro atoms. The van der Waals surface area contributed by atoms with Crippen LogP contribution in [0.25, 0.3) is 22.5 Å². The maximum absolute atomic E-state index is 5.42. The fraction of sp³-hybridized carbons (Fsp3) is 0.200. The van der Waals surface area contributed by atoms with Crippen LogP contribution in [0, 0.1) is 0 Å². The summed E-state index contributed by atoms with van der Waals surface area (Å²) in [6.07, 6.45) is 5.05. The van der Waals surface area contributed by atoms with Crippen molar-refractivity contribution in [1.29, 1.82) is 0 Å². The van der Waals surface area contributed by atoms with Crippen molar-refractivity contribution in [3.63, 3.8) is 0 Å². The van der Waals surface area contributed by atoms with Crippen LogP contribution >= 0.6 is 0 Å². The second-order valence-electron chi connectivity index (χ2n) is 5.95. The average Bonchev–Trinajstić information content (AvgIpc) is 3.34. The molecule has 0 saturated carbocycles. The zero-order valence-electron chi connectivity index (χ0n) is 14.7. The zero-order chi connectivity index (χ0) is 17.9. The van der Waals surface area contributed by atoms with Gasteiger partial charge in [-0.25, -0.2) is 9.97 Å². The number of fused-ring (bicyclic) bond motifs is 1. The first-order chi connectivity index (χ1) is 12.8. The minimum absolute atomic E-state index is 0.711. The number of rotatable bonds is 6. The number of ether oxygens (including phenoxy) is 2. The molecule has 0 aliphatic carbocycles. The normalized spacial score (nSPS) is 11.0. The van der Waals surface area contributed by atoms with Gasteiger partial charge < -0.3 is 18.9 Å². The van der Waals surface area contributed by atoms with Gasteiger partial charge in [0.25, 0.3) is 0 Å². The number of furan rings is 1. The number of H-pyrrole nitrogens is 1. The van der Waals surface area contributed by atoms with Crippen LogP contribution in [0.2, 0.25) is 0 Å². The first kappa shape index (κ1) is 16.2. The van der Waals surface area contributed by atoms with Gasteiger partial charge in [0.2, 0.25) is 0 Å². The quantitative estimate of drug-likeness (QED) is 0.569. The van der Waals surface area contributed by atoms with Crippen molar-refractivity contribution in [3.05, 3.63) is 60.2 Å². The zero-order valence-corrected chi connectivity index (χ0v) is 14.7. The molecule has 0 amide bonds. The number of methoxy groups -OCH3 is 2. The van der Waals surface area contributed by atoms with Crippen molar-refractivity contribution >= 4 is 11.2 Å². The summed E-state index contributed by atoms with van der Waals surface area (Å²) in [5.41, 5.74) is 3.70. The lowest BCUT2D eigenvalue weighted by Crippen LogP contribution is -1.96. The van der Waals surface area contributed by atoms with Gasteiger partial charge in [-0.1, -0.05) is 6.07 Å². The predicted molar refractivity (Wildman–Crippen MR) is 98.5 cm³/mol. The molecule has 0 fully saturated rings. The third-order valence-corrected chi connectivity index (χ3v) is 4.29. The SMILES string of the molecule is COc1ccc(CCc2nc3ncc(-c4ccco4)cc3[nH]2)cc1OC. The Hall–Kier alpha value is -3.28. The van der Waals surface area contributed by atoms with Gasteiger partial charge in [0.1, 0.15) is 11.6 Å². The van der Waals surface area contributed by atoms with E-state index in [1.807, 2.05) is 36.4 Å². The smallest absolute Gasteiger partial charge is 0.177 e. The van der Waals surface area contributed by atoms with Gasteiger partial charge >= 0.3 is 0 Å². The third kappa shape index (κ3) is 3.13. The average molecular weight is 349 g/mol. The van der Waals surface area contributed by atoms with Crippen LogP contribution in [-0.2, 0) is 12.8 Å². The van der Waals surface area contributed by atoms with E-state index in [1.54, 1.807) is 26.7 Å². The molecule has 0 radical (unpaired) electrons. The van der Waals surface area contributed by atoms with Gasteiger partial charge in [-0.2, -0.15) is 0 Å². The molecule has 0 saturated heterocycles. The van der Waals surface area contributed by atoms with Gasteiger partial charge in [0.05, 0.1) is 26.0 Å². The van der Waals surface area contributed by atoms with E-state index in [1.165, 1.54) is 0 Å². The van der Waals surface area contributed by atoms with Crippen molar-refractivity contribution in [1.82, 2.24) is 15.0 Å². The van der Waals surface area contributed by atoms with E-state index in [-0.39, 0.29) is 0 Å². The van der Waals surface area contributed by atoms with Crippen LogP contribution in [-0.4, -0.2) is 29.2 Å². The van der Waals surface area contributed by atoms with Gasteiger partial charge in [0.15, 0.2) is 17.1 Å². The number of aromatic nitrogens is 3. The number of nitrogens with zero attached hydrogens (tertiary/aromatic N) is 2. The largest absolute Gasteiger partial charge is 0.493 e. The molecule has 26 heavy (non-hydrogen) atoms. The van der Waals surface area contributed by atoms with Crippen molar-refractivity contribution in [2.75, 3.05) is 14.2 Å². The van der Waals surface area contributed by atoms with Gasteiger partial charge in [-0.3, -0.25) is 0 Å². The van der Waals surface area contributed by atoms with E-state index >= 15 is 0 Å². The van der Waals surface area contributed by atoms with Crippen molar-refractivity contribution in [3.8, 4) is 22.8 Å². The Kier molecular flexibility index (Phi) is 4.31. The highest BCUT2D eigenvalue weighted by Crippen LogP contribution is 2.28. The van der Waals surface area contributed by atoms with E-state index in [4.69, 9.17) is 13.9 Å². The highest BCUT2D eigenvalue weighted by molar-refractivity contribution is 5.76. The molecule has 6 nitrogen and oxygen atoms in total. The maximum atomic E-state index is 5.42. The van der Waals surface area contributed by atoms with Crippen LogP contribution < -0.4 is 9.47 Å². The summed E-state index contributed by atoms with van der Waals surface area (Å²) >= 11 is 0. The number of imidazole rings is 1. The molecule has 3 heterocycles. The minimum atomic E-state index is 0.711. The van der Waals surface area contributed by atoms with E-state index in [2.05, 4.69) is 15.0 Å². The Bertz CT molecular complexity index is 1020. The molecular weight excluding hydrogens is 330 g/mol. The fourth-order valence-corrected chi connectivity index (χ4v) is 2.94. The molecule has 6 heteroatoms. The lowest BCUT2D eigenvalue weighted by Gasteiger charge is -2.09. The summed E-state index contributed by atoms with van der Waals surface area (Å²) in [5.74, 6) is 3.16. The Labute approximate surface area is 150 Å². The Morgan fingerprint density at radius 3 is 2.69 bits per heavy atom. The third-order valence-electron chi connectivity index (χ3n) is 4.29. The minimum Gasteiger partial charge on any atom is -0.493 e. The number of benzene rings is 1. The van der Waals surface area contributed by atoms with E-state index < -0.39 is 0 Å². The second-order valence-corrected chi connectivity index (χ2v) is 5.95. The Morgan fingerprint density at radius 1 is 1.04 bits per heavy atom. The molecule has 3 aromatic heterocycles. The van der Waals surface area contributed by atoms with Crippen molar-refractivity contribution in [2.45, 2.75) is 12.8 Å². The molecule has 4 rings (SSSR count). The number of aromatic amines is 1. The molecule has 0 unspecified atom stereocenters. The summed E-state index contributed by atoms with van der Waals surface area (Å²) in [5, 5.41) is 0. The van der Waals surface area contributed by atoms with E-state index in [9.17, 15) is 0 Å². The molecule has 0 atom stereocenters. The van der Waals surface area contributed by atoms with Gasteiger partial charge in [-0.15, -0.1) is 0 Å². The van der Waals surface area contributed by atoms with E-state index in [0.29, 0.717) is 5.65 Å². The predicted octanol–water partition coefficient (Wildman–Crippen LogP) is 4.02. The van der Waals surface area contributed by atoms with Crippen LogP contribution in [0.3, 0.4) is 0 Å².